The molecule has 0 aliphatic carbocycles. The fraction of sp³-hybridized carbons (Fsp3) is 0.333. The number of nitrogens with zero attached hydrogens (tertiary/aromatic N) is 1. The number of nitrogen functional groups attached to an aromatic ring is 1. The summed E-state index contributed by atoms with van der Waals surface area (Å²) in [4.78, 5) is 2.44. The lowest BCUT2D eigenvalue weighted by Gasteiger charge is -2.33. The molecule has 0 radical (unpaired) electrons. The summed E-state index contributed by atoms with van der Waals surface area (Å²) >= 11 is 0. The molecule has 2 heterocycles. The molecular weight excluding hydrogens is 292 g/mol. The summed E-state index contributed by atoms with van der Waals surface area (Å²) in [5, 5.41) is 17.9. The van der Waals surface area contributed by atoms with Gasteiger partial charge in [-0.15, -0.1) is 0 Å². The van der Waals surface area contributed by atoms with Crippen LogP contribution in [0.1, 0.15) is 18.4 Å². The van der Waals surface area contributed by atoms with Crippen molar-refractivity contribution in [2.24, 2.45) is 0 Å². The monoisotopic (exact) mass is 314 g/mol. The Balaban J connectivity index is 0.000000151. The van der Waals surface area contributed by atoms with Crippen molar-refractivity contribution < 1.29 is 14.9 Å². The second kappa shape index (κ2) is 6.28. The lowest BCUT2D eigenvalue weighted by Crippen LogP contribution is -2.38. The smallest absolute Gasteiger partial charge is 0.144 e. The largest absolute Gasteiger partial charge is 0.508 e. The van der Waals surface area contributed by atoms with Gasteiger partial charge in [0.25, 0.3) is 0 Å². The van der Waals surface area contributed by atoms with Crippen LogP contribution in [0.15, 0.2) is 36.4 Å². The molecule has 2 aromatic rings. The third-order valence-corrected chi connectivity index (χ3v) is 4.38. The Hall–Kier alpha value is -2.56. The van der Waals surface area contributed by atoms with E-state index < -0.39 is 0 Å². The molecule has 2 aliphatic rings. The van der Waals surface area contributed by atoms with Crippen molar-refractivity contribution in [2.75, 3.05) is 23.8 Å². The summed E-state index contributed by atoms with van der Waals surface area (Å²) in [7, 11) is 0. The van der Waals surface area contributed by atoms with Crippen LogP contribution in [0.2, 0.25) is 0 Å². The van der Waals surface area contributed by atoms with Gasteiger partial charge in [-0.25, -0.2) is 0 Å². The standard InChI is InChI=1S/C11H14N2O.C7H8O2/c12-8-3-4-10-11(6-8)14-7-9-2-1-5-13(9)10;1-5-6(8)3-2-4-7(5)9/h3-4,6,9H,1-2,5,7,12H2;2-4,8-9H,1H3. The Bertz CT molecular complexity index is 682. The van der Waals surface area contributed by atoms with Crippen molar-refractivity contribution in [3.05, 3.63) is 42.0 Å². The van der Waals surface area contributed by atoms with Crippen LogP contribution in [-0.2, 0) is 0 Å². The lowest BCUT2D eigenvalue weighted by molar-refractivity contribution is 0.272. The highest BCUT2D eigenvalue weighted by Gasteiger charge is 2.31. The molecule has 1 atom stereocenters. The fourth-order valence-corrected chi connectivity index (χ4v) is 3.01. The predicted octanol–water partition coefficient (Wildman–Crippen LogP) is 3.04. The minimum atomic E-state index is 0.134. The molecular formula is C18H22N2O3. The van der Waals surface area contributed by atoms with E-state index in [0.29, 0.717) is 11.6 Å². The fourth-order valence-electron chi connectivity index (χ4n) is 3.01. The number of phenols is 2. The number of hydrogen-bond acceptors (Lipinski definition) is 5. The third-order valence-electron chi connectivity index (χ3n) is 4.38. The summed E-state index contributed by atoms with van der Waals surface area (Å²) in [5.41, 5.74) is 8.24. The average Bonchev–Trinajstić information content (AvgIpc) is 3.01. The second-order valence-electron chi connectivity index (χ2n) is 5.95. The van der Waals surface area contributed by atoms with Gasteiger partial charge in [0.2, 0.25) is 0 Å². The highest BCUT2D eigenvalue weighted by atomic mass is 16.5. The molecule has 2 aromatic carbocycles. The van der Waals surface area contributed by atoms with Crippen LogP contribution in [0.4, 0.5) is 11.4 Å². The molecule has 0 aromatic heterocycles. The first-order valence-electron chi connectivity index (χ1n) is 7.83. The van der Waals surface area contributed by atoms with Crippen molar-refractivity contribution in [1.29, 1.82) is 0 Å². The molecule has 23 heavy (non-hydrogen) atoms. The van der Waals surface area contributed by atoms with Gasteiger partial charge in [-0.3, -0.25) is 0 Å². The first-order chi connectivity index (χ1) is 11.1. The molecule has 1 fully saturated rings. The van der Waals surface area contributed by atoms with Crippen molar-refractivity contribution in [3.8, 4) is 17.2 Å². The van der Waals surface area contributed by atoms with Crippen LogP contribution in [0.25, 0.3) is 0 Å². The number of hydrogen-bond donors (Lipinski definition) is 3. The van der Waals surface area contributed by atoms with E-state index >= 15 is 0 Å². The number of nitrogens with two attached hydrogens (primary N) is 1. The molecule has 0 amide bonds. The Kier molecular flexibility index (Phi) is 4.19. The SMILES string of the molecule is Cc1c(O)cccc1O.Nc1ccc2c(c1)OCC1CCCN21. The Morgan fingerprint density at radius 3 is 2.61 bits per heavy atom. The van der Waals surface area contributed by atoms with Crippen LogP contribution in [0.5, 0.6) is 17.2 Å². The molecule has 0 saturated carbocycles. The van der Waals surface area contributed by atoms with Crippen LogP contribution >= 0.6 is 0 Å². The molecule has 122 valence electrons. The maximum atomic E-state index is 8.94. The first kappa shape index (κ1) is 15.3. The normalized spacial score (nSPS) is 18.3. The van der Waals surface area contributed by atoms with Crippen LogP contribution < -0.4 is 15.4 Å². The van der Waals surface area contributed by atoms with Crippen LogP contribution in [0.3, 0.4) is 0 Å². The molecule has 0 bridgehead atoms. The Labute approximate surface area is 135 Å². The first-order valence-corrected chi connectivity index (χ1v) is 7.83. The molecule has 4 N–H and O–H groups in total. The van der Waals surface area contributed by atoms with Gasteiger partial charge < -0.3 is 25.6 Å². The highest BCUT2D eigenvalue weighted by molar-refractivity contribution is 5.66. The quantitative estimate of drug-likeness (QED) is 0.651. The molecule has 4 rings (SSSR count). The van der Waals surface area contributed by atoms with E-state index in [4.69, 9.17) is 20.7 Å². The second-order valence-corrected chi connectivity index (χ2v) is 5.95. The number of anilines is 2. The lowest BCUT2D eigenvalue weighted by atomic mass is 10.1. The van der Waals surface area contributed by atoms with Crippen molar-refractivity contribution in [2.45, 2.75) is 25.8 Å². The maximum absolute atomic E-state index is 8.94. The molecule has 0 spiro atoms. The predicted molar refractivity (Wildman–Crippen MR) is 91.2 cm³/mol. The van der Waals surface area contributed by atoms with E-state index in [1.807, 2.05) is 12.1 Å². The number of phenolic OH excluding ortho intramolecular Hbond substituents is 2. The zero-order valence-electron chi connectivity index (χ0n) is 13.2. The van der Waals surface area contributed by atoms with Gasteiger partial charge in [0, 0.05) is 23.9 Å². The van der Waals surface area contributed by atoms with Crippen LogP contribution in [-0.4, -0.2) is 29.4 Å². The summed E-state index contributed by atoms with van der Waals surface area (Å²) in [6.45, 7) is 3.63. The number of benzene rings is 2. The van der Waals surface area contributed by atoms with Gasteiger partial charge in [0.05, 0.1) is 11.7 Å². The van der Waals surface area contributed by atoms with Gasteiger partial charge in [0.15, 0.2) is 0 Å². The zero-order chi connectivity index (χ0) is 16.4. The van der Waals surface area contributed by atoms with Gasteiger partial charge in [-0.2, -0.15) is 0 Å². The van der Waals surface area contributed by atoms with Crippen molar-refractivity contribution >= 4 is 11.4 Å². The van der Waals surface area contributed by atoms with E-state index in [1.54, 1.807) is 13.0 Å². The number of aromatic hydroxyl groups is 2. The van der Waals surface area contributed by atoms with Gasteiger partial charge in [0.1, 0.15) is 23.9 Å². The van der Waals surface area contributed by atoms with E-state index in [1.165, 1.54) is 30.7 Å². The molecule has 5 nitrogen and oxygen atoms in total. The number of ether oxygens (including phenoxy) is 1. The average molecular weight is 314 g/mol. The minimum absolute atomic E-state index is 0.134. The number of rotatable bonds is 0. The van der Waals surface area contributed by atoms with E-state index in [9.17, 15) is 0 Å². The third kappa shape index (κ3) is 3.13. The van der Waals surface area contributed by atoms with Gasteiger partial charge >= 0.3 is 0 Å². The Morgan fingerprint density at radius 2 is 1.91 bits per heavy atom. The minimum Gasteiger partial charge on any atom is -0.508 e. The van der Waals surface area contributed by atoms with Crippen molar-refractivity contribution in [3.63, 3.8) is 0 Å². The zero-order valence-corrected chi connectivity index (χ0v) is 13.2. The van der Waals surface area contributed by atoms with Gasteiger partial charge in [-0.05, 0) is 44.0 Å². The molecule has 1 saturated heterocycles. The van der Waals surface area contributed by atoms with E-state index in [0.717, 1.165) is 24.6 Å². The Morgan fingerprint density at radius 1 is 1.17 bits per heavy atom. The number of fused-ring (bicyclic) bond motifs is 3. The van der Waals surface area contributed by atoms with E-state index in [2.05, 4.69) is 11.0 Å². The topological polar surface area (TPSA) is 79.0 Å². The molecule has 2 aliphatic heterocycles. The summed E-state index contributed by atoms with van der Waals surface area (Å²) in [6, 6.07) is 11.2. The molecule has 1 unspecified atom stereocenters. The molecule has 5 heteroatoms. The van der Waals surface area contributed by atoms with Crippen molar-refractivity contribution in [1.82, 2.24) is 0 Å². The summed E-state index contributed by atoms with van der Waals surface area (Å²) in [5.74, 6) is 1.22. The summed E-state index contributed by atoms with van der Waals surface area (Å²) < 4.78 is 5.70. The highest BCUT2D eigenvalue weighted by Crippen LogP contribution is 2.38. The maximum Gasteiger partial charge on any atom is 0.144 e. The van der Waals surface area contributed by atoms with E-state index in [-0.39, 0.29) is 11.5 Å². The van der Waals surface area contributed by atoms with Crippen LogP contribution in [0, 0.1) is 6.92 Å². The van der Waals surface area contributed by atoms with Gasteiger partial charge in [-0.1, -0.05) is 6.07 Å². The summed E-state index contributed by atoms with van der Waals surface area (Å²) in [6.07, 6.45) is 2.53.